The molecule has 2 saturated heterocycles. The van der Waals surface area contributed by atoms with Crippen molar-refractivity contribution in [3.63, 3.8) is 0 Å². The molecule has 146 valence electrons. The summed E-state index contributed by atoms with van der Waals surface area (Å²) in [6.07, 6.45) is 4.00. The van der Waals surface area contributed by atoms with Crippen LogP contribution in [-0.2, 0) is 25.5 Å². The van der Waals surface area contributed by atoms with Gasteiger partial charge < -0.3 is 14.5 Å². The second-order valence-corrected chi connectivity index (χ2v) is 7.40. The number of hydrogen-bond donors (Lipinski definition) is 0. The molecule has 0 saturated carbocycles. The average molecular weight is 372 g/mol. The third-order valence-electron chi connectivity index (χ3n) is 5.32. The fourth-order valence-electron chi connectivity index (χ4n) is 4.01. The van der Waals surface area contributed by atoms with Gasteiger partial charge in [0.25, 0.3) is 0 Å². The minimum atomic E-state index is -0.503. The molecule has 0 radical (unpaired) electrons. The lowest BCUT2D eigenvalue weighted by Gasteiger charge is -2.27. The van der Waals surface area contributed by atoms with Crippen molar-refractivity contribution in [1.82, 2.24) is 9.80 Å². The van der Waals surface area contributed by atoms with Crippen molar-refractivity contribution in [2.45, 2.75) is 57.6 Å². The summed E-state index contributed by atoms with van der Waals surface area (Å²) in [6.45, 7) is 3.18. The zero-order valence-electron chi connectivity index (χ0n) is 15.9. The Labute approximate surface area is 160 Å². The number of rotatable bonds is 6. The summed E-state index contributed by atoms with van der Waals surface area (Å²) in [6, 6.07) is 9.56. The standard InChI is InChI=1S/C21H28N2O4/c1-16(24)27-18-14-19(21(26)22-12-5-6-13-22)23(15-18)20(25)11-7-10-17-8-3-2-4-9-17/h2-4,8-9,18-19H,5-7,10-15H2,1H3/t18-,19-/m0/s1. The van der Waals surface area contributed by atoms with Gasteiger partial charge in [-0.3, -0.25) is 14.4 Å². The van der Waals surface area contributed by atoms with Gasteiger partial charge in [0.1, 0.15) is 12.1 Å². The van der Waals surface area contributed by atoms with Crippen molar-refractivity contribution in [2.75, 3.05) is 19.6 Å². The predicted octanol–water partition coefficient (Wildman–Crippen LogP) is 2.16. The number of carbonyl (C=O) groups is 3. The van der Waals surface area contributed by atoms with Crippen molar-refractivity contribution in [3.05, 3.63) is 35.9 Å². The summed E-state index contributed by atoms with van der Waals surface area (Å²) in [4.78, 5) is 40.5. The highest BCUT2D eigenvalue weighted by Crippen LogP contribution is 2.25. The third kappa shape index (κ3) is 5.08. The van der Waals surface area contributed by atoms with Crippen molar-refractivity contribution in [2.24, 2.45) is 0 Å². The molecular weight excluding hydrogens is 344 g/mol. The zero-order valence-corrected chi connectivity index (χ0v) is 15.9. The molecule has 0 spiro atoms. The number of ether oxygens (including phenoxy) is 1. The molecule has 2 fully saturated rings. The van der Waals surface area contributed by atoms with Crippen molar-refractivity contribution >= 4 is 17.8 Å². The van der Waals surface area contributed by atoms with E-state index in [0.717, 1.165) is 38.8 Å². The smallest absolute Gasteiger partial charge is 0.302 e. The van der Waals surface area contributed by atoms with E-state index in [4.69, 9.17) is 4.74 Å². The molecule has 1 aromatic rings. The van der Waals surface area contributed by atoms with E-state index in [0.29, 0.717) is 19.4 Å². The largest absolute Gasteiger partial charge is 0.461 e. The molecule has 2 aliphatic heterocycles. The maximum absolute atomic E-state index is 12.9. The van der Waals surface area contributed by atoms with Crippen LogP contribution in [0.3, 0.4) is 0 Å². The van der Waals surface area contributed by atoms with Gasteiger partial charge in [0.05, 0.1) is 6.54 Å². The molecule has 6 heteroatoms. The minimum absolute atomic E-state index is 0.00133. The molecule has 1 aromatic carbocycles. The van der Waals surface area contributed by atoms with Crippen LogP contribution in [0.25, 0.3) is 0 Å². The monoisotopic (exact) mass is 372 g/mol. The summed E-state index contributed by atoms with van der Waals surface area (Å²) < 4.78 is 5.30. The third-order valence-corrected chi connectivity index (χ3v) is 5.32. The van der Waals surface area contributed by atoms with E-state index in [1.807, 2.05) is 23.1 Å². The second kappa shape index (κ2) is 9.02. The average Bonchev–Trinajstić information content (AvgIpc) is 3.31. The first-order chi connectivity index (χ1) is 13.0. The molecule has 0 aliphatic carbocycles. The first-order valence-electron chi connectivity index (χ1n) is 9.84. The van der Waals surface area contributed by atoms with Gasteiger partial charge in [-0.05, 0) is 31.2 Å². The Balaban J connectivity index is 1.60. The van der Waals surface area contributed by atoms with Gasteiger partial charge in [-0.1, -0.05) is 30.3 Å². The van der Waals surface area contributed by atoms with Gasteiger partial charge in [0.2, 0.25) is 11.8 Å². The Morgan fingerprint density at radius 1 is 1.11 bits per heavy atom. The van der Waals surface area contributed by atoms with E-state index in [1.54, 1.807) is 4.90 Å². The van der Waals surface area contributed by atoms with Crippen LogP contribution in [0.5, 0.6) is 0 Å². The second-order valence-electron chi connectivity index (χ2n) is 7.40. The lowest BCUT2D eigenvalue weighted by Crippen LogP contribution is -2.46. The molecule has 0 N–H and O–H groups in total. The van der Waals surface area contributed by atoms with Crippen LogP contribution in [-0.4, -0.2) is 59.4 Å². The number of nitrogens with zero attached hydrogens (tertiary/aromatic N) is 2. The maximum Gasteiger partial charge on any atom is 0.302 e. The summed E-state index contributed by atoms with van der Waals surface area (Å²) in [5, 5.41) is 0. The number of aryl methyl sites for hydroxylation is 1. The molecule has 0 bridgehead atoms. The number of esters is 1. The Morgan fingerprint density at radius 3 is 2.48 bits per heavy atom. The number of amides is 2. The van der Waals surface area contributed by atoms with Crippen LogP contribution in [0.2, 0.25) is 0 Å². The molecule has 2 atom stereocenters. The molecule has 0 unspecified atom stereocenters. The van der Waals surface area contributed by atoms with Gasteiger partial charge in [0.15, 0.2) is 0 Å². The Hall–Kier alpha value is -2.37. The minimum Gasteiger partial charge on any atom is -0.461 e. The number of carbonyl (C=O) groups excluding carboxylic acids is 3. The molecule has 2 heterocycles. The molecule has 0 aromatic heterocycles. The first kappa shape index (κ1) is 19.4. The van der Waals surface area contributed by atoms with E-state index < -0.39 is 12.1 Å². The van der Waals surface area contributed by atoms with Crippen LogP contribution < -0.4 is 0 Å². The predicted molar refractivity (Wildman–Crippen MR) is 101 cm³/mol. The van der Waals surface area contributed by atoms with Crippen LogP contribution in [0.4, 0.5) is 0 Å². The number of hydrogen-bond acceptors (Lipinski definition) is 4. The fraction of sp³-hybridized carbons (Fsp3) is 0.571. The molecule has 2 amide bonds. The van der Waals surface area contributed by atoms with Gasteiger partial charge >= 0.3 is 5.97 Å². The van der Waals surface area contributed by atoms with E-state index in [2.05, 4.69) is 12.1 Å². The van der Waals surface area contributed by atoms with Crippen LogP contribution in [0, 0.1) is 0 Å². The Morgan fingerprint density at radius 2 is 1.81 bits per heavy atom. The molecule has 3 rings (SSSR count). The zero-order chi connectivity index (χ0) is 19.2. The lowest BCUT2D eigenvalue weighted by molar-refractivity contribution is -0.146. The van der Waals surface area contributed by atoms with Crippen LogP contribution in [0.15, 0.2) is 30.3 Å². The Kier molecular flexibility index (Phi) is 6.48. The van der Waals surface area contributed by atoms with Crippen molar-refractivity contribution < 1.29 is 19.1 Å². The highest BCUT2D eigenvalue weighted by Gasteiger charge is 2.42. The highest BCUT2D eigenvalue weighted by atomic mass is 16.5. The molecule has 6 nitrogen and oxygen atoms in total. The normalized spacial score (nSPS) is 22.1. The van der Waals surface area contributed by atoms with E-state index >= 15 is 0 Å². The molecular formula is C21H28N2O4. The quantitative estimate of drug-likeness (QED) is 0.718. The molecule has 2 aliphatic rings. The fourth-order valence-corrected chi connectivity index (χ4v) is 4.01. The lowest BCUT2D eigenvalue weighted by atomic mass is 10.1. The van der Waals surface area contributed by atoms with Gasteiger partial charge in [-0.25, -0.2) is 0 Å². The summed E-state index contributed by atoms with van der Waals surface area (Å²) in [7, 11) is 0. The van der Waals surface area contributed by atoms with Crippen LogP contribution in [0.1, 0.15) is 44.6 Å². The van der Waals surface area contributed by atoms with E-state index in [-0.39, 0.29) is 17.8 Å². The van der Waals surface area contributed by atoms with Crippen LogP contribution >= 0.6 is 0 Å². The highest BCUT2D eigenvalue weighted by molar-refractivity contribution is 5.88. The topological polar surface area (TPSA) is 66.9 Å². The summed E-state index contributed by atoms with van der Waals surface area (Å²) >= 11 is 0. The van der Waals surface area contributed by atoms with E-state index in [1.165, 1.54) is 12.5 Å². The first-order valence-corrected chi connectivity index (χ1v) is 9.84. The SMILES string of the molecule is CC(=O)O[C@H]1C[C@@H](C(=O)N2CCCC2)N(C(=O)CCCc2ccccc2)C1. The number of benzene rings is 1. The maximum atomic E-state index is 12.9. The summed E-state index contributed by atoms with van der Waals surface area (Å²) in [5.41, 5.74) is 1.20. The van der Waals surface area contributed by atoms with Gasteiger partial charge in [-0.15, -0.1) is 0 Å². The van der Waals surface area contributed by atoms with Gasteiger partial charge in [0, 0.05) is 32.9 Å². The van der Waals surface area contributed by atoms with Gasteiger partial charge in [-0.2, -0.15) is 0 Å². The van der Waals surface area contributed by atoms with Crippen molar-refractivity contribution in [3.8, 4) is 0 Å². The summed E-state index contributed by atoms with van der Waals surface area (Å²) in [5.74, 6) is -0.401. The molecule has 27 heavy (non-hydrogen) atoms. The Bertz CT molecular complexity index is 670. The van der Waals surface area contributed by atoms with Crippen molar-refractivity contribution in [1.29, 1.82) is 0 Å². The van der Waals surface area contributed by atoms with E-state index in [9.17, 15) is 14.4 Å². The number of likely N-dealkylation sites (tertiary alicyclic amines) is 2.